The van der Waals surface area contributed by atoms with Gasteiger partial charge in [0.1, 0.15) is 5.82 Å². The van der Waals surface area contributed by atoms with Gasteiger partial charge in [0, 0.05) is 12.1 Å². The van der Waals surface area contributed by atoms with Crippen molar-refractivity contribution in [2.75, 3.05) is 5.32 Å². The lowest BCUT2D eigenvalue weighted by atomic mass is 10.0. The molecule has 0 heterocycles. The van der Waals surface area contributed by atoms with Crippen LogP contribution >= 0.6 is 0 Å². The Labute approximate surface area is 94.9 Å². The minimum absolute atomic E-state index is 0.00231. The van der Waals surface area contributed by atoms with Gasteiger partial charge >= 0.3 is 0 Å². The Bertz CT molecular complexity index is 372. The Kier molecular flexibility index (Phi) is 3.54. The standard InChI is InChI=1S/C13H16FNO/c14-11-6-3-7-12(9-11)15-13(16)8-10-4-1-2-5-10/h3,6-7,9-10H,1-2,4-5,8H2,(H,15,16). The molecule has 1 N–H and O–H groups in total. The van der Waals surface area contributed by atoms with E-state index in [1.54, 1.807) is 12.1 Å². The zero-order chi connectivity index (χ0) is 11.4. The van der Waals surface area contributed by atoms with Gasteiger partial charge in [-0.25, -0.2) is 4.39 Å². The Morgan fingerprint density at radius 3 is 2.81 bits per heavy atom. The highest BCUT2D eigenvalue weighted by Crippen LogP contribution is 2.27. The molecule has 1 saturated carbocycles. The molecule has 2 rings (SSSR count). The molecule has 0 atom stereocenters. The predicted octanol–water partition coefficient (Wildman–Crippen LogP) is 3.34. The number of anilines is 1. The first kappa shape index (κ1) is 11.1. The number of rotatable bonds is 3. The lowest BCUT2D eigenvalue weighted by Crippen LogP contribution is -2.15. The minimum Gasteiger partial charge on any atom is -0.326 e. The first-order valence-electron chi connectivity index (χ1n) is 5.79. The molecule has 16 heavy (non-hydrogen) atoms. The SMILES string of the molecule is O=C(CC1CCCC1)Nc1cccc(F)c1. The van der Waals surface area contributed by atoms with Gasteiger partial charge < -0.3 is 5.32 Å². The molecule has 1 aromatic rings. The van der Waals surface area contributed by atoms with Crippen molar-refractivity contribution < 1.29 is 9.18 Å². The molecule has 0 aliphatic heterocycles. The van der Waals surface area contributed by atoms with Gasteiger partial charge in [0.05, 0.1) is 0 Å². The summed E-state index contributed by atoms with van der Waals surface area (Å²) >= 11 is 0. The van der Waals surface area contributed by atoms with Gasteiger partial charge in [-0.05, 0) is 37.0 Å². The van der Waals surface area contributed by atoms with Crippen LogP contribution in [0.25, 0.3) is 0 Å². The highest BCUT2D eigenvalue weighted by atomic mass is 19.1. The third kappa shape index (κ3) is 3.05. The number of benzene rings is 1. The maximum absolute atomic E-state index is 12.9. The van der Waals surface area contributed by atoms with E-state index in [0.29, 0.717) is 18.0 Å². The normalized spacial score (nSPS) is 16.3. The fraction of sp³-hybridized carbons (Fsp3) is 0.462. The second-order valence-corrected chi connectivity index (χ2v) is 4.41. The monoisotopic (exact) mass is 221 g/mol. The first-order chi connectivity index (χ1) is 7.74. The van der Waals surface area contributed by atoms with Crippen LogP contribution in [0.3, 0.4) is 0 Å². The second-order valence-electron chi connectivity index (χ2n) is 4.41. The largest absolute Gasteiger partial charge is 0.326 e. The summed E-state index contributed by atoms with van der Waals surface area (Å²) in [5, 5.41) is 2.73. The average Bonchev–Trinajstić information content (AvgIpc) is 2.70. The maximum Gasteiger partial charge on any atom is 0.224 e. The zero-order valence-corrected chi connectivity index (χ0v) is 9.21. The number of halogens is 1. The van der Waals surface area contributed by atoms with Crippen molar-refractivity contribution in [3.63, 3.8) is 0 Å². The molecule has 3 heteroatoms. The summed E-state index contributed by atoms with van der Waals surface area (Å²) in [6.45, 7) is 0. The summed E-state index contributed by atoms with van der Waals surface area (Å²) in [6, 6.07) is 6.01. The van der Waals surface area contributed by atoms with Gasteiger partial charge in [0.2, 0.25) is 5.91 Å². The molecule has 0 bridgehead atoms. The molecule has 0 radical (unpaired) electrons. The lowest BCUT2D eigenvalue weighted by Gasteiger charge is -2.09. The number of hydrogen-bond donors (Lipinski definition) is 1. The molecule has 0 aromatic heterocycles. The second kappa shape index (κ2) is 5.10. The summed E-state index contributed by atoms with van der Waals surface area (Å²) in [7, 11) is 0. The van der Waals surface area contributed by atoms with Gasteiger partial charge in [-0.3, -0.25) is 4.79 Å². The molecule has 1 amide bonds. The first-order valence-corrected chi connectivity index (χ1v) is 5.79. The molecule has 1 aliphatic rings. The van der Waals surface area contributed by atoms with Crippen LogP contribution in [-0.4, -0.2) is 5.91 Å². The van der Waals surface area contributed by atoms with E-state index in [-0.39, 0.29) is 11.7 Å². The van der Waals surface area contributed by atoms with E-state index in [9.17, 15) is 9.18 Å². The number of carbonyl (C=O) groups is 1. The number of amides is 1. The molecule has 1 aliphatic carbocycles. The van der Waals surface area contributed by atoms with E-state index in [0.717, 1.165) is 12.8 Å². The van der Waals surface area contributed by atoms with Gasteiger partial charge in [-0.15, -0.1) is 0 Å². The van der Waals surface area contributed by atoms with Crippen LogP contribution in [0.4, 0.5) is 10.1 Å². The van der Waals surface area contributed by atoms with Gasteiger partial charge in [0.15, 0.2) is 0 Å². The van der Waals surface area contributed by atoms with Crippen molar-refractivity contribution in [2.45, 2.75) is 32.1 Å². The molecule has 2 nitrogen and oxygen atoms in total. The molecule has 1 fully saturated rings. The van der Waals surface area contributed by atoms with Gasteiger partial charge in [0.25, 0.3) is 0 Å². The molecule has 0 spiro atoms. The molecule has 0 saturated heterocycles. The van der Waals surface area contributed by atoms with E-state index in [1.807, 2.05) is 0 Å². The smallest absolute Gasteiger partial charge is 0.224 e. The Morgan fingerprint density at radius 1 is 1.38 bits per heavy atom. The summed E-state index contributed by atoms with van der Waals surface area (Å²) in [4.78, 5) is 11.6. The summed E-state index contributed by atoms with van der Waals surface area (Å²) in [5.41, 5.74) is 0.544. The Morgan fingerprint density at radius 2 is 2.12 bits per heavy atom. The lowest BCUT2D eigenvalue weighted by molar-refractivity contribution is -0.117. The van der Waals surface area contributed by atoms with E-state index in [4.69, 9.17) is 0 Å². The number of hydrogen-bond acceptors (Lipinski definition) is 1. The summed E-state index contributed by atoms with van der Waals surface area (Å²) in [6.07, 6.45) is 5.33. The maximum atomic E-state index is 12.9. The van der Waals surface area contributed by atoms with Crippen molar-refractivity contribution >= 4 is 11.6 Å². The van der Waals surface area contributed by atoms with E-state index < -0.39 is 0 Å². The quantitative estimate of drug-likeness (QED) is 0.833. The fourth-order valence-electron chi connectivity index (χ4n) is 2.25. The molecule has 86 valence electrons. The van der Waals surface area contributed by atoms with Crippen LogP contribution in [-0.2, 0) is 4.79 Å². The zero-order valence-electron chi connectivity index (χ0n) is 9.21. The molecule has 0 unspecified atom stereocenters. The van der Waals surface area contributed by atoms with Crippen LogP contribution in [0.1, 0.15) is 32.1 Å². The third-order valence-corrected chi connectivity index (χ3v) is 3.06. The van der Waals surface area contributed by atoms with E-state index >= 15 is 0 Å². The number of nitrogens with one attached hydrogen (secondary N) is 1. The van der Waals surface area contributed by atoms with Crippen LogP contribution in [0.15, 0.2) is 24.3 Å². The highest BCUT2D eigenvalue weighted by Gasteiger charge is 2.18. The Hall–Kier alpha value is -1.38. The van der Waals surface area contributed by atoms with Gasteiger partial charge in [-0.2, -0.15) is 0 Å². The van der Waals surface area contributed by atoms with Crippen LogP contribution in [0.5, 0.6) is 0 Å². The molecular formula is C13H16FNO. The Balaban J connectivity index is 1.86. The predicted molar refractivity (Wildman–Crippen MR) is 61.6 cm³/mol. The van der Waals surface area contributed by atoms with Crippen LogP contribution in [0, 0.1) is 11.7 Å². The van der Waals surface area contributed by atoms with E-state index in [1.165, 1.54) is 25.0 Å². The van der Waals surface area contributed by atoms with Crippen molar-refractivity contribution in [3.05, 3.63) is 30.1 Å². The van der Waals surface area contributed by atoms with Crippen molar-refractivity contribution in [1.82, 2.24) is 0 Å². The van der Waals surface area contributed by atoms with Gasteiger partial charge in [-0.1, -0.05) is 18.9 Å². The van der Waals surface area contributed by atoms with E-state index in [2.05, 4.69) is 5.32 Å². The minimum atomic E-state index is -0.321. The highest BCUT2D eigenvalue weighted by molar-refractivity contribution is 5.90. The molecule has 1 aromatic carbocycles. The van der Waals surface area contributed by atoms with Crippen LogP contribution in [0.2, 0.25) is 0 Å². The summed E-state index contributed by atoms with van der Waals surface area (Å²) in [5.74, 6) is 0.199. The fourth-order valence-corrected chi connectivity index (χ4v) is 2.25. The van der Waals surface area contributed by atoms with Crippen LogP contribution < -0.4 is 5.32 Å². The summed E-state index contributed by atoms with van der Waals surface area (Å²) < 4.78 is 12.9. The number of carbonyl (C=O) groups excluding carboxylic acids is 1. The topological polar surface area (TPSA) is 29.1 Å². The average molecular weight is 221 g/mol. The van der Waals surface area contributed by atoms with Crippen molar-refractivity contribution in [1.29, 1.82) is 0 Å². The molecular weight excluding hydrogens is 205 g/mol. The third-order valence-electron chi connectivity index (χ3n) is 3.06. The van der Waals surface area contributed by atoms with Crippen molar-refractivity contribution in [3.8, 4) is 0 Å². The van der Waals surface area contributed by atoms with Crippen molar-refractivity contribution in [2.24, 2.45) is 5.92 Å².